The van der Waals surface area contributed by atoms with Crippen LogP contribution in [0.4, 0.5) is 0 Å². The minimum Gasteiger partial charge on any atom is -0.315 e. The highest BCUT2D eigenvalue weighted by Gasteiger charge is 2.03. The van der Waals surface area contributed by atoms with Crippen molar-refractivity contribution in [3.63, 3.8) is 0 Å². The lowest BCUT2D eigenvalue weighted by molar-refractivity contribution is 0.659. The van der Waals surface area contributed by atoms with E-state index in [1.807, 2.05) is 0 Å². The Hall–Kier alpha value is 0.810. The normalized spacial score (nSPS) is 24.6. The number of hydrogen-bond acceptors (Lipinski definition) is 4. The van der Waals surface area contributed by atoms with Crippen molar-refractivity contribution in [1.82, 2.24) is 5.32 Å². The molecular formula is C8H17NOS3. The second-order valence-electron chi connectivity index (χ2n) is 2.82. The standard InChI is InChI=1S/C4H9NOS.C4H8S2/c6-7-3-1-5-2-4-7;1-2-6-4-3-5-1/h5H,1-4H2;1-4H2. The molecule has 0 bridgehead atoms. The molecule has 2 heterocycles. The van der Waals surface area contributed by atoms with Crippen LogP contribution in [0.5, 0.6) is 0 Å². The molecule has 2 aliphatic heterocycles. The van der Waals surface area contributed by atoms with Crippen LogP contribution in [0, 0.1) is 0 Å². The first kappa shape index (κ1) is 11.9. The summed E-state index contributed by atoms with van der Waals surface area (Å²) >= 11 is 4.15. The fourth-order valence-corrected chi connectivity index (χ4v) is 4.28. The molecule has 2 rings (SSSR count). The van der Waals surface area contributed by atoms with Crippen LogP contribution in [0.25, 0.3) is 0 Å². The van der Waals surface area contributed by atoms with Crippen molar-refractivity contribution in [2.45, 2.75) is 0 Å². The fourth-order valence-electron chi connectivity index (χ4n) is 1.04. The van der Waals surface area contributed by atoms with Crippen molar-refractivity contribution >= 4 is 34.3 Å². The topological polar surface area (TPSA) is 29.1 Å². The Morgan fingerprint density at radius 3 is 1.62 bits per heavy atom. The van der Waals surface area contributed by atoms with Gasteiger partial charge in [0.2, 0.25) is 0 Å². The van der Waals surface area contributed by atoms with Gasteiger partial charge in [0.25, 0.3) is 0 Å². The van der Waals surface area contributed by atoms with Crippen LogP contribution in [-0.2, 0) is 10.8 Å². The van der Waals surface area contributed by atoms with Gasteiger partial charge in [-0.15, -0.1) is 0 Å². The highest BCUT2D eigenvalue weighted by molar-refractivity contribution is 8.06. The summed E-state index contributed by atoms with van der Waals surface area (Å²) in [6.45, 7) is 1.87. The Balaban J connectivity index is 0.000000132. The molecule has 0 aliphatic carbocycles. The molecule has 5 heteroatoms. The summed E-state index contributed by atoms with van der Waals surface area (Å²) in [6, 6.07) is 0. The Bertz CT molecular complexity index is 131. The maximum absolute atomic E-state index is 10.5. The van der Waals surface area contributed by atoms with Gasteiger partial charge in [0.15, 0.2) is 0 Å². The smallest absolute Gasteiger partial charge is 0.0360 e. The second-order valence-corrected chi connectivity index (χ2v) is 6.97. The van der Waals surface area contributed by atoms with Crippen LogP contribution in [0.1, 0.15) is 0 Å². The SMILES string of the molecule is C1CSCCS1.O=S1CCNCC1. The van der Waals surface area contributed by atoms with E-state index < -0.39 is 10.8 Å². The third kappa shape index (κ3) is 6.82. The first-order valence-corrected chi connectivity index (χ1v) is 8.40. The quantitative estimate of drug-likeness (QED) is 0.677. The molecule has 13 heavy (non-hydrogen) atoms. The van der Waals surface area contributed by atoms with E-state index >= 15 is 0 Å². The minimum atomic E-state index is -0.503. The van der Waals surface area contributed by atoms with Gasteiger partial charge in [-0.05, 0) is 0 Å². The maximum atomic E-state index is 10.5. The van der Waals surface area contributed by atoms with Crippen LogP contribution in [0.15, 0.2) is 0 Å². The molecule has 2 nitrogen and oxygen atoms in total. The molecule has 0 aromatic rings. The molecule has 0 unspecified atom stereocenters. The molecule has 0 spiro atoms. The number of rotatable bonds is 0. The molecule has 0 atom stereocenters. The van der Waals surface area contributed by atoms with Crippen LogP contribution in [0.3, 0.4) is 0 Å². The van der Waals surface area contributed by atoms with Gasteiger partial charge < -0.3 is 5.32 Å². The number of nitrogens with one attached hydrogen (secondary N) is 1. The molecule has 0 amide bonds. The van der Waals surface area contributed by atoms with E-state index in [-0.39, 0.29) is 0 Å². The number of hydrogen-bond donors (Lipinski definition) is 1. The van der Waals surface area contributed by atoms with Crippen molar-refractivity contribution in [3.05, 3.63) is 0 Å². The molecule has 2 saturated heterocycles. The van der Waals surface area contributed by atoms with E-state index in [0.717, 1.165) is 24.6 Å². The lowest BCUT2D eigenvalue weighted by Crippen LogP contribution is -2.32. The Labute approximate surface area is 91.5 Å². The Morgan fingerprint density at radius 2 is 1.38 bits per heavy atom. The fraction of sp³-hybridized carbons (Fsp3) is 1.00. The largest absolute Gasteiger partial charge is 0.315 e. The average Bonchev–Trinajstić information content (AvgIpc) is 2.22. The van der Waals surface area contributed by atoms with Gasteiger partial charge in [-0.1, -0.05) is 0 Å². The van der Waals surface area contributed by atoms with E-state index in [1.54, 1.807) is 0 Å². The Morgan fingerprint density at radius 1 is 0.923 bits per heavy atom. The minimum absolute atomic E-state index is 0.503. The van der Waals surface area contributed by atoms with Gasteiger partial charge in [0.05, 0.1) is 0 Å². The lowest BCUT2D eigenvalue weighted by atomic mass is 10.6. The summed E-state index contributed by atoms with van der Waals surface area (Å²) in [5.41, 5.74) is 0. The highest BCUT2D eigenvalue weighted by atomic mass is 32.2. The Kier molecular flexibility index (Phi) is 7.45. The average molecular weight is 239 g/mol. The van der Waals surface area contributed by atoms with Gasteiger partial charge in [0, 0.05) is 58.4 Å². The van der Waals surface area contributed by atoms with Crippen LogP contribution >= 0.6 is 23.5 Å². The zero-order valence-corrected chi connectivity index (χ0v) is 10.2. The van der Waals surface area contributed by atoms with E-state index in [2.05, 4.69) is 28.8 Å². The predicted octanol–water partition coefficient (Wildman–Crippen LogP) is 0.805. The van der Waals surface area contributed by atoms with Gasteiger partial charge in [-0.25, -0.2) is 0 Å². The monoisotopic (exact) mass is 239 g/mol. The van der Waals surface area contributed by atoms with Gasteiger partial charge >= 0.3 is 0 Å². The molecule has 78 valence electrons. The van der Waals surface area contributed by atoms with E-state index in [9.17, 15) is 4.21 Å². The third-order valence-corrected chi connectivity index (χ3v) is 5.56. The van der Waals surface area contributed by atoms with Crippen molar-refractivity contribution in [1.29, 1.82) is 0 Å². The molecule has 0 aromatic heterocycles. The van der Waals surface area contributed by atoms with E-state index in [4.69, 9.17) is 0 Å². The predicted molar refractivity (Wildman–Crippen MR) is 65.4 cm³/mol. The van der Waals surface area contributed by atoms with Crippen molar-refractivity contribution in [3.8, 4) is 0 Å². The van der Waals surface area contributed by atoms with Crippen LogP contribution in [-0.4, -0.2) is 51.8 Å². The molecule has 1 N–H and O–H groups in total. The van der Waals surface area contributed by atoms with E-state index in [1.165, 1.54) is 23.0 Å². The molecule has 2 fully saturated rings. The second kappa shape index (κ2) is 8.15. The molecular weight excluding hydrogens is 222 g/mol. The van der Waals surface area contributed by atoms with E-state index in [0.29, 0.717) is 0 Å². The lowest BCUT2D eigenvalue weighted by Gasteiger charge is -2.09. The zero-order valence-electron chi connectivity index (χ0n) is 7.79. The van der Waals surface area contributed by atoms with Crippen molar-refractivity contribution < 1.29 is 4.21 Å². The highest BCUT2D eigenvalue weighted by Crippen LogP contribution is 2.14. The first-order valence-electron chi connectivity index (χ1n) is 4.61. The van der Waals surface area contributed by atoms with Crippen molar-refractivity contribution in [2.24, 2.45) is 0 Å². The molecule has 0 radical (unpaired) electrons. The van der Waals surface area contributed by atoms with Gasteiger partial charge in [-0.3, -0.25) is 4.21 Å². The molecule has 2 aliphatic rings. The summed E-state index contributed by atoms with van der Waals surface area (Å²) in [5.74, 6) is 7.21. The molecule has 0 aromatic carbocycles. The third-order valence-electron chi connectivity index (χ3n) is 1.76. The van der Waals surface area contributed by atoms with Crippen LogP contribution < -0.4 is 5.32 Å². The summed E-state index contributed by atoms with van der Waals surface area (Å²) in [7, 11) is -0.503. The number of thioether (sulfide) groups is 2. The summed E-state index contributed by atoms with van der Waals surface area (Å²) in [6.07, 6.45) is 0. The van der Waals surface area contributed by atoms with Crippen molar-refractivity contribution in [2.75, 3.05) is 47.6 Å². The summed E-state index contributed by atoms with van der Waals surface area (Å²) in [4.78, 5) is 0. The zero-order chi connectivity index (χ0) is 9.36. The van der Waals surface area contributed by atoms with Gasteiger partial charge in [0.1, 0.15) is 0 Å². The van der Waals surface area contributed by atoms with Gasteiger partial charge in [-0.2, -0.15) is 23.5 Å². The van der Waals surface area contributed by atoms with Crippen LogP contribution in [0.2, 0.25) is 0 Å². The maximum Gasteiger partial charge on any atom is 0.0360 e. The molecule has 0 saturated carbocycles. The summed E-state index contributed by atoms with van der Waals surface area (Å²) < 4.78 is 10.5. The first-order chi connectivity index (χ1) is 6.39. The summed E-state index contributed by atoms with van der Waals surface area (Å²) in [5, 5.41) is 3.12.